The summed E-state index contributed by atoms with van der Waals surface area (Å²) in [5.74, 6) is 0.819. The minimum Gasteiger partial charge on any atom is -0.491 e. The first kappa shape index (κ1) is 24.5. The van der Waals surface area contributed by atoms with Gasteiger partial charge in [-0.2, -0.15) is 0 Å². The minimum atomic E-state index is -3.45. The Hall–Kier alpha value is -3.66. The van der Waals surface area contributed by atoms with Crippen molar-refractivity contribution in [2.24, 2.45) is 0 Å². The molecular formula is C25H29N5O4S. The molecule has 3 aromatic rings. The van der Waals surface area contributed by atoms with Crippen LogP contribution in [0.4, 0.5) is 11.6 Å². The van der Waals surface area contributed by atoms with Gasteiger partial charge in [0, 0.05) is 49.8 Å². The van der Waals surface area contributed by atoms with Gasteiger partial charge >= 0.3 is 0 Å². The number of hydrogen-bond acceptors (Lipinski definition) is 8. The number of nitrogens with two attached hydrogens (primary N) is 1. The van der Waals surface area contributed by atoms with Crippen molar-refractivity contribution in [1.82, 2.24) is 14.9 Å². The normalized spacial score (nSPS) is 13.5. The van der Waals surface area contributed by atoms with Gasteiger partial charge in [0.2, 0.25) is 5.95 Å². The summed E-state index contributed by atoms with van der Waals surface area (Å²) in [7, 11) is -1.78. The summed E-state index contributed by atoms with van der Waals surface area (Å²) in [6, 6.07) is 9.06. The van der Waals surface area contributed by atoms with Crippen LogP contribution in [0.25, 0.3) is 0 Å². The van der Waals surface area contributed by atoms with E-state index < -0.39 is 9.84 Å². The summed E-state index contributed by atoms with van der Waals surface area (Å²) in [4.78, 5) is 23.7. The maximum absolute atomic E-state index is 13.6. The topological polar surface area (TPSA) is 128 Å². The van der Waals surface area contributed by atoms with Gasteiger partial charge < -0.3 is 20.7 Å². The molecule has 0 saturated heterocycles. The summed E-state index contributed by atoms with van der Waals surface area (Å²) < 4.78 is 30.4. The number of nitrogens with zero attached hydrogens (tertiary/aromatic N) is 3. The number of anilines is 2. The summed E-state index contributed by atoms with van der Waals surface area (Å²) in [6.07, 6.45) is 5.70. The highest BCUT2D eigenvalue weighted by molar-refractivity contribution is 7.90. The fourth-order valence-corrected chi connectivity index (χ4v) is 5.28. The lowest BCUT2D eigenvalue weighted by atomic mass is 10.0. The summed E-state index contributed by atoms with van der Waals surface area (Å²) >= 11 is 0. The quantitative estimate of drug-likeness (QED) is 0.534. The molecule has 0 radical (unpaired) electrons. The average molecular weight is 496 g/mol. The highest BCUT2D eigenvalue weighted by Gasteiger charge is 2.26. The Bertz CT molecular complexity index is 1360. The molecule has 1 amide bonds. The van der Waals surface area contributed by atoms with E-state index in [4.69, 9.17) is 10.5 Å². The van der Waals surface area contributed by atoms with E-state index >= 15 is 0 Å². The van der Waals surface area contributed by atoms with E-state index in [-0.39, 0.29) is 16.8 Å². The molecule has 0 bridgehead atoms. The zero-order valence-electron chi connectivity index (χ0n) is 20.0. The van der Waals surface area contributed by atoms with Gasteiger partial charge in [0.1, 0.15) is 12.4 Å². The van der Waals surface area contributed by atoms with Crippen molar-refractivity contribution in [2.75, 3.05) is 37.5 Å². The first-order valence-corrected chi connectivity index (χ1v) is 13.2. The molecule has 9 nitrogen and oxygen atoms in total. The molecule has 1 aromatic heterocycles. The molecule has 10 heteroatoms. The fourth-order valence-electron chi connectivity index (χ4n) is 4.37. The zero-order chi connectivity index (χ0) is 25.2. The van der Waals surface area contributed by atoms with E-state index in [9.17, 15) is 13.2 Å². The average Bonchev–Trinajstić information content (AvgIpc) is 3.05. The Kier molecular flexibility index (Phi) is 6.93. The molecule has 0 spiro atoms. The minimum absolute atomic E-state index is 0.160. The van der Waals surface area contributed by atoms with Crippen molar-refractivity contribution in [3.63, 3.8) is 0 Å². The van der Waals surface area contributed by atoms with E-state index in [0.29, 0.717) is 49.4 Å². The van der Waals surface area contributed by atoms with Crippen molar-refractivity contribution in [3.05, 3.63) is 70.5 Å². The Morgan fingerprint density at radius 2 is 1.91 bits per heavy atom. The zero-order valence-corrected chi connectivity index (χ0v) is 20.9. The number of sulfone groups is 1. The third-order valence-electron chi connectivity index (χ3n) is 6.03. The first-order valence-electron chi connectivity index (χ1n) is 11.3. The van der Waals surface area contributed by atoms with Crippen LogP contribution >= 0.6 is 0 Å². The van der Waals surface area contributed by atoms with Crippen molar-refractivity contribution >= 4 is 27.4 Å². The molecule has 2 heterocycles. The van der Waals surface area contributed by atoms with Gasteiger partial charge in [0.05, 0.1) is 17.1 Å². The smallest absolute Gasteiger partial charge is 0.254 e. The van der Waals surface area contributed by atoms with E-state index in [1.165, 1.54) is 12.3 Å². The van der Waals surface area contributed by atoms with Crippen LogP contribution in [0.1, 0.15) is 39.5 Å². The SMILES string of the molecule is CCc1c(C(=O)N2CCOc3ccc(Cc4cnc(N)nc4)cc3C2)ccc(S(C)(=O)=O)c1NC. The van der Waals surface area contributed by atoms with Gasteiger partial charge in [-0.15, -0.1) is 0 Å². The predicted octanol–water partition coefficient (Wildman–Crippen LogP) is 2.69. The molecule has 3 N–H and O–H groups in total. The van der Waals surface area contributed by atoms with Gasteiger partial charge in [0.25, 0.3) is 5.91 Å². The highest BCUT2D eigenvalue weighted by Crippen LogP contribution is 2.31. The van der Waals surface area contributed by atoms with E-state index in [2.05, 4.69) is 15.3 Å². The second kappa shape index (κ2) is 9.91. The molecule has 1 aliphatic rings. The number of aromatic nitrogens is 2. The summed E-state index contributed by atoms with van der Waals surface area (Å²) in [5, 5.41) is 2.99. The Labute approximate surface area is 205 Å². The number of carbonyl (C=O) groups is 1. The van der Waals surface area contributed by atoms with Crippen LogP contribution in [-0.4, -0.2) is 55.6 Å². The Balaban J connectivity index is 1.64. The maximum atomic E-state index is 13.6. The molecule has 0 unspecified atom stereocenters. The molecule has 35 heavy (non-hydrogen) atoms. The van der Waals surface area contributed by atoms with Gasteiger partial charge in [-0.25, -0.2) is 18.4 Å². The lowest BCUT2D eigenvalue weighted by molar-refractivity contribution is 0.0732. The van der Waals surface area contributed by atoms with Crippen LogP contribution in [0.2, 0.25) is 0 Å². The van der Waals surface area contributed by atoms with Crippen molar-refractivity contribution in [2.45, 2.75) is 31.2 Å². The molecule has 0 fully saturated rings. The van der Waals surface area contributed by atoms with E-state index in [1.54, 1.807) is 30.4 Å². The fraction of sp³-hybridized carbons (Fsp3) is 0.320. The lowest BCUT2D eigenvalue weighted by Gasteiger charge is -2.23. The second-order valence-electron chi connectivity index (χ2n) is 8.48. The van der Waals surface area contributed by atoms with Crippen LogP contribution in [0, 0.1) is 0 Å². The molecule has 184 valence electrons. The molecule has 4 rings (SSSR count). The summed E-state index contributed by atoms with van der Waals surface area (Å²) in [6.45, 7) is 3.07. The number of carbonyl (C=O) groups excluding carboxylic acids is 1. The number of fused-ring (bicyclic) bond motifs is 1. The third-order valence-corrected chi connectivity index (χ3v) is 7.17. The summed E-state index contributed by atoms with van der Waals surface area (Å²) in [5.41, 5.74) is 10.1. The second-order valence-corrected chi connectivity index (χ2v) is 10.5. The van der Waals surface area contributed by atoms with Crippen molar-refractivity contribution in [1.29, 1.82) is 0 Å². The molecular weight excluding hydrogens is 466 g/mol. The number of amides is 1. The first-order chi connectivity index (χ1) is 16.7. The van der Waals surface area contributed by atoms with Crippen LogP contribution in [0.5, 0.6) is 5.75 Å². The number of hydrogen-bond donors (Lipinski definition) is 2. The largest absolute Gasteiger partial charge is 0.491 e. The number of ether oxygens (including phenoxy) is 1. The van der Waals surface area contributed by atoms with Crippen LogP contribution in [0.3, 0.4) is 0 Å². The van der Waals surface area contributed by atoms with E-state index in [0.717, 1.165) is 22.4 Å². The predicted molar refractivity (Wildman–Crippen MR) is 134 cm³/mol. The standard InChI is InChI=1S/C25H29N5O4S/c1-4-19-20(6-8-22(23(19)27-2)35(3,32)33)24(31)30-9-10-34-21-7-5-16(12-18(21)15-30)11-17-13-28-25(26)29-14-17/h5-8,12-14,27H,4,9-11,15H2,1-3H3,(H2,26,28,29). The number of nitrogen functional groups attached to an aromatic ring is 1. The Morgan fingerprint density at radius 3 is 2.57 bits per heavy atom. The van der Waals surface area contributed by atoms with Gasteiger partial charge in [-0.05, 0) is 47.4 Å². The van der Waals surface area contributed by atoms with Gasteiger partial charge in [0.15, 0.2) is 9.84 Å². The van der Waals surface area contributed by atoms with Crippen LogP contribution in [-0.2, 0) is 29.2 Å². The highest BCUT2D eigenvalue weighted by atomic mass is 32.2. The maximum Gasteiger partial charge on any atom is 0.254 e. The molecule has 0 saturated carbocycles. The monoisotopic (exact) mass is 495 g/mol. The van der Waals surface area contributed by atoms with Crippen molar-refractivity contribution < 1.29 is 17.9 Å². The van der Waals surface area contributed by atoms with E-state index in [1.807, 2.05) is 25.1 Å². The van der Waals surface area contributed by atoms with Gasteiger partial charge in [-0.3, -0.25) is 4.79 Å². The number of benzene rings is 2. The molecule has 0 aliphatic carbocycles. The van der Waals surface area contributed by atoms with Gasteiger partial charge in [-0.1, -0.05) is 13.0 Å². The van der Waals surface area contributed by atoms with Crippen LogP contribution in [0.15, 0.2) is 47.6 Å². The van der Waals surface area contributed by atoms with Crippen LogP contribution < -0.4 is 15.8 Å². The Morgan fingerprint density at radius 1 is 1.17 bits per heavy atom. The molecule has 2 aromatic carbocycles. The number of rotatable bonds is 6. The van der Waals surface area contributed by atoms with Crippen molar-refractivity contribution in [3.8, 4) is 5.75 Å². The number of nitrogens with one attached hydrogen (secondary N) is 1. The lowest BCUT2D eigenvalue weighted by Crippen LogP contribution is -2.33. The molecule has 0 atom stereocenters. The third kappa shape index (κ3) is 5.22. The molecule has 1 aliphatic heterocycles.